The zero-order valence-corrected chi connectivity index (χ0v) is 39.1. The third-order valence-electron chi connectivity index (χ3n) is 10.7. The van der Waals surface area contributed by atoms with Gasteiger partial charge in [-0.05, 0) is 102 Å². The molecule has 0 aromatic heterocycles. The Hall–Kier alpha value is -4.82. The second kappa shape index (κ2) is 19.5. The quantitative estimate of drug-likeness (QED) is 0.0427. The number of aryl methyl sites for hydroxylation is 1. The summed E-state index contributed by atoms with van der Waals surface area (Å²) >= 11 is 0. The molecule has 2 unspecified atom stereocenters. The number of halogens is 3. The normalized spacial score (nSPS) is 14.5. The van der Waals surface area contributed by atoms with Crippen LogP contribution in [0.15, 0.2) is 73.3 Å². The maximum atomic E-state index is 15.4. The van der Waals surface area contributed by atoms with Crippen LogP contribution in [-0.4, -0.2) is 60.3 Å². The fourth-order valence-electron chi connectivity index (χ4n) is 5.95. The molecule has 0 heterocycles. The molecule has 10 nitrogen and oxygen atoms in total. The number of hydrogen-bond acceptors (Lipinski definition) is 10. The van der Waals surface area contributed by atoms with E-state index >= 15 is 13.2 Å². The van der Waals surface area contributed by atoms with E-state index in [1.807, 2.05) is 19.2 Å². The van der Waals surface area contributed by atoms with Crippen molar-refractivity contribution in [2.45, 2.75) is 117 Å². The predicted molar refractivity (Wildman–Crippen MR) is 231 cm³/mol. The summed E-state index contributed by atoms with van der Waals surface area (Å²) in [5.74, 6) is -3.06. The Morgan fingerprint density at radius 3 is 1.84 bits per heavy atom. The Balaban J connectivity index is 2.40. The molecule has 0 radical (unpaired) electrons. The van der Waals surface area contributed by atoms with Gasteiger partial charge in [-0.2, -0.15) is 13.2 Å². The number of carbonyl (C=O) groups excluding carboxylic acids is 3. The van der Waals surface area contributed by atoms with Crippen molar-refractivity contribution in [3.63, 3.8) is 0 Å². The van der Waals surface area contributed by atoms with E-state index in [-0.39, 0.29) is 34.7 Å². The number of carbonyl (C=O) groups is 3. The third-order valence-corrected chi connectivity index (χ3v) is 15.0. The highest BCUT2D eigenvalue weighted by Gasteiger charge is 2.64. The smallest absolute Gasteiger partial charge is 0.432 e. The molecular weight excluding hydrogens is 810 g/mol. The molecule has 3 aromatic rings. The number of hydrogen-bond donors (Lipinski definition) is 0. The molecule has 0 saturated heterocycles. The van der Waals surface area contributed by atoms with E-state index in [0.717, 1.165) is 19.2 Å². The summed E-state index contributed by atoms with van der Waals surface area (Å²) in [6, 6.07) is 14.5. The van der Waals surface area contributed by atoms with Crippen molar-refractivity contribution < 1.29 is 60.4 Å². The highest BCUT2D eigenvalue weighted by atomic mass is 28.4. The summed E-state index contributed by atoms with van der Waals surface area (Å²) in [5.41, 5.74) is -4.33. The van der Waals surface area contributed by atoms with Gasteiger partial charge in [-0.1, -0.05) is 69.3 Å². The van der Waals surface area contributed by atoms with Crippen molar-refractivity contribution in [1.82, 2.24) is 0 Å². The molecule has 3 atom stereocenters. The molecule has 336 valence electrons. The van der Waals surface area contributed by atoms with Gasteiger partial charge in [0.1, 0.15) is 6.10 Å². The molecule has 0 aliphatic carbocycles. The van der Waals surface area contributed by atoms with Crippen LogP contribution in [0.3, 0.4) is 0 Å². The Bertz CT molecular complexity index is 2010. The minimum atomic E-state index is -5.28. The lowest BCUT2D eigenvalue weighted by Gasteiger charge is -2.39. The molecular formula is C47H63F3O10Si. The van der Waals surface area contributed by atoms with Crippen LogP contribution in [0.5, 0.6) is 23.0 Å². The minimum Gasteiger partial charge on any atom is -0.541 e. The van der Waals surface area contributed by atoms with Crippen molar-refractivity contribution in [2.75, 3.05) is 27.9 Å². The maximum Gasteiger partial charge on any atom is 0.432 e. The molecule has 0 aliphatic heterocycles. The standard InChI is InChI=1S/C47H63F3O10Si/c1-16-33(34-27-30(21-20-26-57-40(51)43(2,3)4)28-37(55-12)39(34)60-61(14,15)45(8,9)10)38(31-24-25-35(36(29-31)54-11)58-41(52)44(5,6)7)59-42(53)46(56-13,47(48,49)50)32-22-18-17-19-23-32/h16-19,22-25,27-29,33,38H,1,20-21,26H2,2-15H3/t33?,38-,46?/m1/s1. The minimum absolute atomic E-state index is 0.0370. The largest absolute Gasteiger partial charge is 0.541 e. The van der Waals surface area contributed by atoms with E-state index < -0.39 is 60.4 Å². The summed E-state index contributed by atoms with van der Waals surface area (Å²) < 4.78 is 87.1. The first-order chi connectivity index (χ1) is 28.1. The van der Waals surface area contributed by atoms with Crippen molar-refractivity contribution in [3.05, 3.63) is 95.6 Å². The molecule has 3 rings (SSSR count). The van der Waals surface area contributed by atoms with Crippen LogP contribution in [0.1, 0.15) is 103 Å². The number of esters is 3. The highest BCUT2D eigenvalue weighted by molar-refractivity contribution is 6.74. The zero-order valence-electron chi connectivity index (χ0n) is 38.1. The monoisotopic (exact) mass is 872 g/mol. The fourth-order valence-corrected chi connectivity index (χ4v) is 6.98. The van der Waals surface area contributed by atoms with Gasteiger partial charge in [-0.25, -0.2) is 4.79 Å². The summed E-state index contributed by atoms with van der Waals surface area (Å²) in [5, 5.41) is -0.311. The molecule has 0 amide bonds. The van der Waals surface area contributed by atoms with Gasteiger partial charge in [0.05, 0.1) is 31.7 Å². The zero-order chi connectivity index (χ0) is 46.4. The topological polar surface area (TPSA) is 116 Å². The van der Waals surface area contributed by atoms with Gasteiger partial charge < -0.3 is 32.8 Å². The Kier molecular flexibility index (Phi) is 16.1. The van der Waals surface area contributed by atoms with Crippen LogP contribution in [0.4, 0.5) is 13.2 Å². The van der Waals surface area contributed by atoms with Crippen LogP contribution in [0.2, 0.25) is 18.1 Å². The van der Waals surface area contributed by atoms with Gasteiger partial charge in [-0.15, -0.1) is 6.58 Å². The first kappa shape index (κ1) is 50.5. The van der Waals surface area contributed by atoms with Crippen molar-refractivity contribution in [3.8, 4) is 23.0 Å². The molecule has 0 N–H and O–H groups in total. The van der Waals surface area contributed by atoms with Crippen LogP contribution >= 0.6 is 0 Å². The Labute approximate surface area is 360 Å². The van der Waals surface area contributed by atoms with Gasteiger partial charge in [0.25, 0.3) is 13.9 Å². The van der Waals surface area contributed by atoms with Crippen LogP contribution in [-0.2, 0) is 40.6 Å². The molecule has 0 spiro atoms. The first-order valence-electron chi connectivity index (χ1n) is 20.1. The van der Waals surface area contributed by atoms with E-state index in [0.29, 0.717) is 35.5 Å². The number of methoxy groups -OCH3 is 3. The summed E-state index contributed by atoms with van der Waals surface area (Å²) in [7, 11) is 0.927. The van der Waals surface area contributed by atoms with Crippen molar-refractivity contribution in [1.29, 1.82) is 0 Å². The van der Waals surface area contributed by atoms with Gasteiger partial charge in [-0.3, -0.25) is 9.59 Å². The first-order valence-corrected chi connectivity index (χ1v) is 23.0. The second-order valence-corrected chi connectivity index (χ2v) is 23.2. The van der Waals surface area contributed by atoms with E-state index in [4.69, 9.17) is 32.8 Å². The molecule has 0 fully saturated rings. The average molecular weight is 873 g/mol. The maximum absolute atomic E-state index is 15.4. The molecule has 3 aromatic carbocycles. The lowest BCUT2D eigenvalue weighted by molar-refractivity contribution is -0.278. The predicted octanol–water partition coefficient (Wildman–Crippen LogP) is 11.2. The molecule has 0 aliphatic rings. The van der Waals surface area contributed by atoms with Crippen molar-refractivity contribution in [2.24, 2.45) is 10.8 Å². The van der Waals surface area contributed by atoms with E-state index in [1.165, 1.54) is 56.7 Å². The van der Waals surface area contributed by atoms with Gasteiger partial charge in [0.2, 0.25) is 0 Å². The Morgan fingerprint density at radius 1 is 0.754 bits per heavy atom. The number of rotatable bonds is 17. The SMILES string of the molecule is C=CC(c1cc(CCCOC(=O)C(C)(C)C)cc(OC)c1O[Si](C)(C)C(C)(C)C)[C@H](OC(=O)C(OC)(c1ccccc1)C(F)(F)F)c1ccc(OC(=O)C(C)(C)C)c(OC)c1. The molecule has 0 bridgehead atoms. The van der Waals surface area contributed by atoms with Gasteiger partial charge in [0.15, 0.2) is 23.0 Å². The molecule has 14 heteroatoms. The molecule has 61 heavy (non-hydrogen) atoms. The van der Waals surface area contributed by atoms with Crippen LogP contribution in [0.25, 0.3) is 0 Å². The van der Waals surface area contributed by atoms with Gasteiger partial charge in [0, 0.05) is 24.2 Å². The summed E-state index contributed by atoms with van der Waals surface area (Å²) in [6.07, 6.45) is -4.56. The van der Waals surface area contributed by atoms with Crippen LogP contribution < -0.4 is 18.6 Å². The number of benzene rings is 3. The third kappa shape index (κ3) is 11.8. The van der Waals surface area contributed by atoms with E-state index in [2.05, 4.69) is 27.4 Å². The summed E-state index contributed by atoms with van der Waals surface area (Å²) in [4.78, 5) is 39.9. The number of alkyl halides is 3. The average Bonchev–Trinajstić information content (AvgIpc) is 3.16. The highest BCUT2D eigenvalue weighted by Crippen LogP contribution is 2.50. The number of ether oxygens (including phenoxy) is 6. The van der Waals surface area contributed by atoms with Gasteiger partial charge >= 0.3 is 24.1 Å². The second-order valence-electron chi connectivity index (χ2n) is 18.5. The summed E-state index contributed by atoms with van der Waals surface area (Å²) in [6.45, 7) is 24.8. The van der Waals surface area contributed by atoms with Crippen molar-refractivity contribution >= 4 is 26.2 Å². The van der Waals surface area contributed by atoms with Crippen LogP contribution in [0, 0.1) is 10.8 Å². The van der Waals surface area contributed by atoms with E-state index in [1.54, 1.807) is 47.6 Å². The lowest BCUT2D eigenvalue weighted by atomic mass is 9.86. The Morgan fingerprint density at radius 2 is 1.34 bits per heavy atom. The fraction of sp³-hybridized carbons (Fsp3) is 0.511. The molecule has 0 saturated carbocycles. The lowest BCUT2D eigenvalue weighted by Crippen LogP contribution is -2.52. The van der Waals surface area contributed by atoms with E-state index in [9.17, 15) is 14.4 Å².